The molecule has 1 aliphatic heterocycles. The maximum absolute atomic E-state index is 12.8. The number of nitrogens with zero attached hydrogens (tertiary/aromatic N) is 3. The molecule has 0 unspecified atom stereocenters. The second kappa shape index (κ2) is 6.70. The van der Waals surface area contributed by atoms with Gasteiger partial charge in [0.25, 0.3) is 11.5 Å². The molecule has 0 saturated carbocycles. The highest BCUT2D eigenvalue weighted by molar-refractivity contribution is 6.32. The first-order chi connectivity index (χ1) is 13.5. The summed E-state index contributed by atoms with van der Waals surface area (Å²) in [4.78, 5) is 25.2. The molecular formula is C21H18N4O3. The average molecular weight is 374 g/mol. The first-order valence-corrected chi connectivity index (χ1v) is 8.73. The van der Waals surface area contributed by atoms with Crippen LogP contribution in [-0.2, 0) is 4.79 Å². The molecule has 28 heavy (non-hydrogen) atoms. The van der Waals surface area contributed by atoms with Gasteiger partial charge < -0.3 is 5.11 Å². The number of aromatic nitrogens is 2. The minimum atomic E-state index is -0.496. The Balaban J connectivity index is 1.74. The Labute approximate surface area is 160 Å². The molecule has 0 bridgehead atoms. The van der Waals surface area contributed by atoms with Crippen LogP contribution in [0.25, 0.3) is 11.8 Å². The number of H-pyrrole nitrogens is 1. The Hall–Kier alpha value is -3.87. The number of anilines is 1. The van der Waals surface area contributed by atoms with E-state index >= 15 is 0 Å². The standard InChI is InChI=1S/C21H18N4O3/c1-13-8-10-16(11-9-13)25-21(28)18(19(26)23-25)12-17-14(2)22-24(20(17)27)15-6-4-3-5-7-15/h3-12,28H,1-2H3,(H,23,26). The van der Waals surface area contributed by atoms with E-state index in [4.69, 9.17) is 0 Å². The van der Waals surface area contributed by atoms with Crippen LogP contribution in [0.4, 0.5) is 5.69 Å². The monoisotopic (exact) mass is 374 g/mol. The summed E-state index contributed by atoms with van der Waals surface area (Å²) < 4.78 is 1.29. The normalized spacial score (nSPS) is 15.4. The molecule has 7 heteroatoms. The van der Waals surface area contributed by atoms with Crippen LogP contribution < -0.4 is 10.6 Å². The summed E-state index contributed by atoms with van der Waals surface area (Å²) in [5, 5.41) is 18.7. The molecule has 0 atom stereocenters. The second-order valence-electron chi connectivity index (χ2n) is 6.55. The van der Waals surface area contributed by atoms with E-state index < -0.39 is 5.56 Å². The highest BCUT2D eigenvalue weighted by Crippen LogP contribution is 2.26. The van der Waals surface area contributed by atoms with E-state index in [9.17, 15) is 14.7 Å². The summed E-state index contributed by atoms with van der Waals surface area (Å²) >= 11 is 0. The minimum absolute atomic E-state index is 0.00777. The van der Waals surface area contributed by atoms with Crippen LogP contribution in [0.1, 0.15) is 18.1 Å². The fourth-order valence-electron chi connectivity index (χ4n) is 3.02. The zero-order valence-corrected chi connectivity index (χ0v) is 15.4. The van der Waals surface area contributed by atoms with Gasteiger partial charge in [0.05, 0.1) is 22.7 Å². The molecule has 1 aliphatic rings. The molecule has 7 nitrogen and oxygen atoms in total. The molecule has 0 fully saturated rings. The number of carbonyl (C=O) groups is 1. The number of para-hydroxylation sites is 1. The maximum atomic E-state index is 12.8. The number of aryl methyl sites for hydroxylation is 1. The smallest absolute Gasteiger partial charge is 0.280 e. The van der Waals surface area contributed by atoms with Crippen molar-refractivity contribution in [3.63, 3.8) is 0 Å². The average Bonchev–Trinajstić information content (AvgIpc) is 3.14. The fraction of sp³-hybridized carbons (Fsp3) is 0.0952. The van der Waals surface area contributed by atoms with Crippen molar-refractivity contribution < 1.29 is 9.90 Å². The van der Waals surface area contributed by atoms with Gasteiger partial charge in [0.1, 0.15) is 5.56 Å². The van der Waals surface area contributed by atoms with Gasteiger partial charge in [-0.1, -0.05) is 35.9 Å². The van der Waals surface area contributed by atoms with Crippen molar-refractivity contribution in [1.29, 1.82) is 0 Å². The van der Waals surface area contributed by atoms with Crippen LogP contribution in [0.3, 0.4) is 0 Å². The molecule has 3 aromatic rings. The van der Waals surface area contributed by atoms with Crippen LogP contribution in [0.5, 0.6) is 5.88 Å². The number of amides is 1. The second-order valence-corrected chi connectivity index (χ2v) is 6.55. The topological polar surface area (TPSA) is 90.7 Å². The van der Waals surface area contributed by atoms with E-state index in [0.29, 0.717) is 17.1 Å². The first kappa shape index (κ1) is 17.5. The lowest BCUT2D eigenvalue weighted by atomic mass is 10.1. The molecular weight excluding hydrogens is 356 g/mol. The molecule has 0 aliphatic carbocycles. The number of hydrazone groups is 1. The molecule has 1 amide bonds. The first-order valence-electron chi connectivity index (χ1n) is 8.73. The van der Waals surface area contributed by atoms with Crippen molar-refractivity contribution >= 4 is 23.4 Å². The highest BCUT2D eigenvalue weighted by Gasteiger charge is 2.29. The van der Waals surface area contributed by atoms with Gasteiger partial charge in [0.15, 0.2) is 0 Å². The number of carbonyl (C=O) groups excluding carboxylic acids is 1. The van der Waals surface area contributed by atoms with Crippen molar-refractivity contribution in [3.05, 3.63) is 81.7 Å². The van der Waals surface area contributed by atoms with Crippen LogP contribution in [-0.4, -0.2) is 26.5 Å². The van der Waals surface area contributed by atoms with E-state index in [-0.39, 0.29) is 22.9 Å². The Kier molecular flexibility index (Phi) is 4.19. The van der Waals surface area contributed by atoms with Gasteiger partial charge in [-0.15, -0.1) is 0 Å². The summed E-state index contributed by atoms with van der Waals surface area (Å²) in [5.74, 6) is -0.620. The van der Waals surface area contributed by atoms with Crippen LogP contribution in [0.15, 0.2) is 70.1 Å². The number of aromatic hydroxyl groups is 1. The summed E-state index contributed by atoms with van der Waals surface area (Å²) in [6.45, 7) is 3.64. The quantitative estimate of drug-likeness (QED) is 0.691. The molecule has 140 valence electrons. The van der Waals surface area contributed by atoms with Crippen LogP contribution in [0, 0.1) is 6.92 Å². The number of nitrogens with one attached hydrogen (secondary N) is 1. The van der Waals surface area contributed by atoms with Gasteiger partial charge in [0, 0.05) is 0 Å². The Bertz CT molecular complexity index is 1170. The Morgan fingerprint density at radius 1 is 0.964 bits per heavy atom. The van der Waals surface area contributed by atoms with E-state index in [2.05, 4.69) is 10.2 Å². The zero-order valence-electron chi connectivity index (χ0n) is 15.4. The van der Waals surface area contributed by atoms with E-state index in [1.165, 1.54) is 15.8 Å². The number of aromatic amines is 1. The highest BCUT2D eigenvalue weighted by atomic mass is 16.3. The van der Waals surface area contributed by atoms with Gasteiger partial charge in [-0.3, -0.25) is 14.7 Å². The molecule has 2 aromatic carbocycles. The third-order valence-corrected chi connectivity index (χ3v) is 4.55. The molecule has 2 heterocycles. The molecule has 4 rings (SSSR count). The predicted molar refractivity (Wildman–Crippen MR) is 108 cm³/mol. The van der Waals surface area contributed by atoms with Crippen molar-refractivity contribution in [2.24, 2.45) is 5.10 Å². The largest absolute Gasteiger partial charge is 0.493 e. The van der Waals surface area contributed by atoms with E-state index in [1.807, 2.05) is 37.3 Å². The minimum Gasteiger partial charge on any atom is -0.493 e. The molecule has 0 spiro atoms. The maximum Gasteiger partial charge on any atom is 0.280 e. The van der Waals surface area contributed by atoms with Gasteiger partial charge in [-0.05, 0) is 44.2 Å². The molecule has 1 aromatic heterocycles. The zero-order chi connectivity index (χ0) is 19.8. The summed E-state index contributed by atoms with van der Waals surface area (Å²) in [6, 6.07) is 16.3. The van der Waals surface area contributed by atoms with Gasteiger partial charge in [-0.25, -0.2) is 4.68 Å². The number of hydrogen-bond acceptors (Lipinski definition) is 4. The van der Waals surface area contributed by atoms with Gasteiger partial charge >= 0.3 is 0 Å². The van der Waals surface area contributed by atoms with Crippen molar-refractivity contribution in [2.75, 3.05) is 5.01 Å². The third kappa shape index (κ3) is 2.92. The lowest BCUT2D eigenvalue weighted by Crippen LogP contribution is -2.21. The van der Waals surface area contributed by atoms with Crippen molar-refractivity contribution in [3.8, 4) is 11.6 Å². The summed E-state index contributed by atoms with van der Waals surface area (Å²) in [7, 11) is 0. The van der Waals surface area contributed by atoms with Crippen LogP contribution >= 0.6 is 0 Å². The summed E-state index contributed by atoms with van der Waals surface area (Å²) in [6.07, 6.45) is 1.38. The van der Waals surface area contributed by atoms with Gasteiger partial charge in [-0.2, -0.15) is 10.1 Å². The fourth-order valence-corrected chi connectivity index (χ4v) is 3.02. The third-order valence-electron chi connectivity index (χ3n) is 4.55. The molecule has 0 radical (unpaired) electrons. The molecule has 2 N–H and O–H groups in total. The van der Waals surface area contributed by atoms with Crippen LogP contribution in [0.2, 0.25) is 0 Å². The van der Waals surface area contributed by atoms with E-state index in [1.54, 1.807) is 31.2 Å². The van der Waals surface area contributed by atoms with Crippen molar-refractivity contribution in [2.45, 2.75) is 13.8 Å². The number of hydrogen-bond donors (Lipinski definition) is 2. The Morgan fingerprint density at radius 3 is 2.32 bits per heavy atom. The summed E-state index contributed by atoms with van der Waals surface area (Å²) in [5.41, 5.74) is 2.54. The van der Waals surface area contributed by atoms with Gasteiger partial charge in [0.2, 0.25) is 5.88 Å². The van der Waals surface area contributed by atoms with Crippen molar-refractivity contribution in [1.82, 2.24) is 9.78 Å². The lowest BCUT2D eigenvalue weighted by Gasteiger charge is -2.10. The Morgan fingerprint density at radius 2 is 1.64 bits per heavy atom. The predicted octanol–water partition coefficient (Wildman–Crippen LogP) is 2.99. The number of rotatable bonds is 3. The number of benzene rings is 2. The van der Waals surface area contributed by atoms with E-state index in [0.717, 1.165) is 5.56 Å². The molecule has 0 saturated heterocycles. The SMILES string of the molecule is CC1=NN(c2ccccc2)C(=O)C1=Cc1c(O)n(-c2ccc(C)cc2)[nH]c1=O. The lowest BCUT2D eigenvalue weighted by molar-refractivity contribution is -0.114.